The van der Waals surface area contributed by atoms with Gasteiger partial charge in [0, 0.05) is 10.4 Å². The van der Waals surface area contributed by atoms with E-state index in [9.17, 15) is 0 Å². The van der Waals surface area contributed by atoms with Crippen LogP contribution in [0.3, 0.4) is 0 Å². The van der Waals surface area contributed by atoms with Gasteiger partial charge in [-0.3, -0.25) is 0 Å². The second-order valence-electron chi connectivity index (χ2n) is 2.75. The van der Waals surface area contributed by atoms with Crippen molar-refractivity contribution in [3.05, 3.63) is 39.0 Å². The maximum absolute atomic E-state index is 5.28. The molecule has 1 heterocycles. The first-order chi connectivity index (χ1) is 6.29. The van der Waals surface area contributed by atoms with Crippen molar-refractivity contribution in [3.63, 3.8) is 0 Å². The zero-order valence-electron chi connectivity index (χ0n) is 7.11. The predicted molar refractivity (Wildman–Crippen MR) is 63.2 cm³/mol. The highest BCUT2D eigenvalue weighted by Gasteiger charge is 2.05. The van der Waals surface area contributed by atoms with Crippen molar-refractivity contribution >= 4 is 32.9 Å². The van der Waals surface area contributed by atoms with E-state index in [4.69, 9.17) is 12.2 Å². The predicted octanol–water partition coefficient (Wildman–Crippen LogP) is 4.51. The van der Waals surface area contributed by atoms with Gasteiger partial charge in [0.05, 0.1) is 0 Å². The first-order valence-corrected chi connectivity index (χ1v) is 6.50. The lowest BCUT2D eigenvalue weighted by molar-refractivity contribution is 1.58. The molecule has 0 spiro atoms. The van der Waals surface area contributed by atoms with E-state index in [-0.39, 0.29) is 0 Å². The SMILES string of the molecule is Cc1ssc(=S)c1-c1ccccc1. The van der Waals surface area contributed by atoms with Crippen LogP contribution >= 0.6 is 32.9 Å². The summed E-state index contributed by atoms with van der Waals surface area (Å²) in [6.07, 6.45) is 0. The zero-order valence-corrected chi connectivity index (χ0v) is 9.56. The molecule has 0 amide bonds. The summed E-state index contributed by atoms with van der Waals surface area (Å²) in [7, 11) is 3.45. The second kappa shape index (κ2) is 3.70. The lowest BCUT2D eigenvalue weighted by Crippen LogP contribution is -1.75. The van der Waals surface area contributed by atoms with Gasteiger partial charge < -0.3 is 0 Å². The van der Waals surface area contributed by atoms with Gasteiger partial charge in [0.25, 0.3) is 0 Å². The molecule has 0 aliphatic carbocycles. The Morgan fingerprint density at radius 1 is 1.08 bits per heavy atom. The molecule has 0 fully saturated rings. The average molecular weight is 224 g/mol. The number of aryl methyl sites for hydroxylation is 1. The lowest BCUT2D eigenvalue weighted by atomic mass is 10.1. The summed E-state index contributed by atoms with van der Waals surface area (Å²) in [6, 6.07) is 10.3. The first-order valence-electron chi connectivity index (χ1n) is 3.94. The lowest BCUT2D eigenvalue weighted by Gasteiger charge is -1.97. The summed E-state index contributed by atoms with van der Waals surface area (Å²) in [4.78, 5) is 1.32. The van der Waals surface area contributed by atoms with Crippen LogP contribution in [0, 0.1) is 10.7 Å². The van der Waals surface area contributed by atoms with Gasteiger partial charge >= 0.3 is 0 Å². The topological polar surface area (TPSA) is 0 Å². The smallest absolute Gasteiger partial charge is 0.0833 e. The van der Waals surface area contributed by atoms with Gasteiger partial charge in [-0.2, -0.15) is 0 Å². The molecule has 0 bridgehead atoms. The fraction of sp³-hybridized carbons (Fsp3) is 0.100. The van der Waals surface area contributed by atoms with Gasteiger partial charge in [0.1, 0.15) is 3.82 Å². The molecular formula is C10H8S3. The maximum Gasteiger partial charge on any atom is 0.109 e. The molecule has 0 nitrogen and oxygen atoms in total. The molecule has 13 heavy (non-hydrogen) atoms. The molecule has 0 N–H and O–H groups in total. The summed E-state index contributed by atoms with van der Waals surface area (Å²) >= 11 is 5.28. The van der Waals surface area contributed by atoms with Crippen LogP contribution in [0.1, 0.15) is 4.88 Å². The molecule has 0 radical (unpaired) electrons. The summed E-state index contributed by atoms with van der Waals surface area (Å²) in [5.74, 6) is 0. The highest BCUT2D eigenvalue weighted by molar-refractivity contribution is 7.79. The molecule has 0 aliphatic rings. The fourth-order valence-electron chi connectivity index (χ4n) is 1.25. The van der Waals surface area contributed by atoms with Crippen LogP contribution in [0.2, 0.25) is 0 Å². The van der Waals surface area contributed by atoms with E-state index in [0.29, 0.717) is 0 Å². The minimum atomic E-state index is 1.01. The van der Waals surface area contributed by atoms with Crippen LogP contribution in [0.25, 0.3) is 11.1 Å². The van der Waals surface area contributed by atoms with Crippen molar-refractivity contribution < 1.29 is 0 Å². The van der Waals surface area contributed by atoms with Crippen LogP contribution in [0.4, 0.5) is 0 Å². The molecular weight excluding hydrogens is 216 g/mol. The molecule has 0 saturated carbocycles. The Balaban J connectivity index is 2.65. The molecule has 2 aromatic rings. The van der Waals surface area contributed by atoms with Crippen molar-refractivity contribution in [1.29, 1.82) is 0 Å². The molecule has 66 valence electrons. The van der Waals surface area contributed by atoms with Crippen LogP contribution in [0.5, 0.6) is 0 Å². The van der Waals surface area contributed by atoms with E-state index in [1.807, 2.05) is 18.2 Å². The Hall–Kier alpha value is -0.510. The van der Waals surface area contributed by atoms with E-state index < -0.39 is 0 Å². The number of benzene rings is 1. The normalized spacial score (nSPS) is 10.2. The molecule has 2 rings (SSSR count). The second-order valence-corrected chi connectivity index (χ2v) is 5.77. The van der Waals surface area contributed by atoms with Crippen LogP contribution in [-0.4, -0.2) is 0 Å². The number of hydrogen-bond acceptors (Lipinski definition) is 3. The maximum atomic E-state index is 5.28. The quantitative estimate of drug-likeness (QED) is 0.507. The zero-order chi connectivity index (χ0) is 9.26. The highest BCUT2D eigenvalue weighted by Crippen LogP contribution is 2.32. The average Bonchev–Trinajstić information content (AvgIpc) is 2.48. The number of rotatable bonds is 1. The van der Waals surface area contributed by atoms with Gasteiger partial charge in [-0.25, -0.2) is 0 Å². The summed E-state index contributed by atoms with van der Waals surface area (Å²) in [5.41, 5.74) is 2.48. The minimum absolute atomic E-state index is 1.01. The van der Waals surface area contributed by atoms with E-state index in [1.165, 1.54) is 16.0 Å². The van der Waals surface area contributed by atoms with Gasteiger partial charge in [-0.15, -0.1) is 0 Å². The van der Waals surface area contributed by atoms with E-state index >= 15 is 0 Å². The highest BCUT2D eigenvalue weighted by atomic mass is 32.9. The van der Waals surface area contributed by atoms with E-state index in [1.54, 1.807) is 20.7 Å². The molecule has 3 heteroatoms. The molecule has 0 saturated heterocycles. The van der Waals surface area contributed by atoms with Crippen molar-refractivity contribution in [2.45, 2.75) is 6.92 Å². The monoisotopic (exact) mass is 224 g/mol. The van der Waals surface area contributed by atoms with Crippen LogP contribution in [-0.2, 0) is 0 Å². The molecule has 0 unspecified atom stereocenters. The van der Waals surface area contributed by atoms with Gasteiger partial charge in [0.2, 0.25) is 0 Å². The Kier molecular flexibility index (Phi) is 2.58. The Labute approximate surface area is 89.9 Å². The minimum Gasteiger partial charge on any atom is -0.0833 e. The summed E-state index contributed by atoms with van der Waals surface area (Å²) in [6.45, 7) is 2.12. The number of hydrogen-bond donors (Lipinski definition) is 0. The molecule has 1 aromatic heterocycles. The Morgan fingerprint density at radius 3 is 2.31 bits per heavy atom. The van der Waals surface area contributed by atoms with Crippen LogP contribution < -0.4 is 0 Å². The third-order valence-electron chi connectivity index (χ3n) is 1.86. The van der Waals surface area contributed by atoms with Crippen LogP contribution in [0.15, 0.2) is 30.3 Å². The van der Waals surface area contributed by atoms with Crippen molar-refractivity contribution in [2.75, 3.05) is 0 Å². The first kappa shape index (κ1) is 9.06. The largest absolute Gasteiger partial charge is 0.109 e. The molecule has 0 atom stereocenters. The van der Waals surface area contributed by atoms with Gasteiger partial charge in [0.15, 0.2) is 0 Å². The van der Waals surface area contributed by atoms with Crippen molar-refractivity contribution in [3.8, 4) is 11.1 Å². The van der Waals surface area contributed by atoms with Crippen molar-refractivity contribution in [2.24, 2.45) is 0 Å². The fourth-order valence-corrected chi connectivity index (χ4v) is 3.92. The molecule has 0 aliphatic heterocycles. The van der Waals surface area contributed by atoms with E-state index in [0.717, 1.165) is 3.82 Å². The molecule has 1 aromatic carbocycles. The van der Waals surface area contributed by atoms with Gasteiger partial charge in [-0.1, -0.05) is 63.2 Å². The Morgan fingerprint density at radius 2 is 1.77 bits per heavy atom. The Bertz CT molecular complexity index is 451. The summed E-state index contributed by atoms with van der Waals surface area (Å²) in [5, 5.41) is 0. The third kappa shape index (κ3) is 1.73. The standard InChI is InChI=1S/C10H8S3/c1-7-9(10(11)13-12-7)8-5-3-2-4-6-8/h2-6H,1H3. The summed E-state index contributed by atoms with van der Waals surface area (Å²) < 4.78 is 1.01. The third-order valence-corrected chi connectivity index (χ3v) is 5.02. The van der Waals surface area contributed by atoms with Gasteiger partial charge in [-0.05, 0) is 12.5 Å². The van der Waals surface area contributed by atoms with Crippen molar-refractivity contribution in [1.82, 2.24) is 0 Å². The van der Waals surface area contributed by atoms with E-state index in [2.05, 4.69) is 19.1 Å².